The van der Waals surface area contributed by atoms with Crippen LogP contribution >= 0.6 is 0 Å². The zero-order chi connectivity index (χ0) is 12.1. The van der Waals surface area contributed by atoms with E-state index in [9.17, 15) is 13.6 Å². The van der Waals surface area contributed by atoms with Crippen molar-refractivity contribution in [3.63, 3.8) is 0 Å². The summed E-state index contributed by atoms with van der Waals surface area (Å²) < 4.78 is 28.3. The molecule has 2 N–H and O–H groups in total. The lowest BCUT2D eigenvalue weighted by molar-refractivity contribution is -0.137. The van der Waals surface area contributed by atoms with Gasteiger partial charge in [0.1, 0.15) is 11.8 Å². The van der Waals surface area contributed by atoms with E-state index in [-0.39, 0.29) is 11.4 Å². The van der Waals surface area contributed by atoms with Gasteiger partial charge in [0.2, 0.25) is 0 Å². The minimum absolute atomic E-state index is 0.0781. The first-order valence-electron chi connectivity index (χ1n) is 4.54. The van der Waals surface area contributed by atoms with Gasteiger partial charge in [-0.25, -0.2) is 0 Å². The van der Waals surface area contributed by atoms with Gasteiger partial charge in [-0.1, -0.05) is 12.1 Å². The number of halogens is 2. The molecule has 0 aliphatic heterocycles. The minimum Gasteiger partial charge on any atom is -0.480 e. The summed E-state index contributed by atoms with van der Waals surface area (Å²) in [4.78, 5) is 10.6. The van der Waals surface area contributed by atoms with E-state index in [0.717, 1.165) is 0 Å². The molecule has 1 aromatic rings. The summed E-state index contributed by atoms with van der Waals surface area (Å²) in [6.45, 7) is -1.54. The number of aliphatic carboxylic acids is 1. The Labute approximate surface area is 90.8 Å². The second-order valence-electron chi connectivity index (χ2n) is 3.08. The number of rotatable bonds is 5. The van der Waals surface area contributed by atoms with Crippen LogP contribution in [0.5, 0.6) is 5.75 Å². The molecule has 1 unspecified atom stereocenters. The zero-order valence-electron chi connectivity index (χ0n) is 8.48. The number of hydrogen-bond acceptors (Lipinski definition) is 3. The van der Waals surface area contributed by atoms with Crippen LogP contribution in [0.25, 0.3) is 0 Å². The average molecular weight is 231 g/mol. The van der Waals surface area contributed by atoms with Gasteiger partial charge in [0, 0.05) is 0 Å². The molecule has 0 radical (unpaired) electrons. The summed E-state index contributed by atoms with van der Waals surface area (Å²) in [5.41, 5.74) is 0.220. The largest absolute Gasteiger partial charge is 0.480 e. The van der Waals surface area contributed by atoms with Crippen LogP contribution in [0.4, 0.5) is 14.5 Å². The zero-order valence-corrected chi connectivity index (χ0v) is 8.48. The van der Waals surface area contributed by atoms with Gasteiger partial charge >= 0.3 is 12.6 Å². The number of para-hydroxylation sites is 2. The van der Waals surface area contributed by atoms with E-state index in [4.69, 9.17) is 5.11 Å². The standard InChI is InChI=1S/C10H11F2NO3/c1-6(9(14)15)13-7-4-2-3-5-8(7)16-10(11)12/h2-6,10,13H,1H3,(H,14,15). The van der Waals surface area contributed by atoms with Crippen LogP contribution in [0.15, 0.2) is 24.3 Å². The molecule has 1 atom stereocenters. The monoisotopic (exact) mass is 231 g/mol. The van der Waals surface area contributed by atoms with Crippen molar-refractivity contribution in [1.82, 2.24) is 0 Å². The fourth-order valence-electron chi connectivity index (χ4n) is 1.08. The van der Waals surface area contributed by atoms with Crippen LogP contribution in [0.2, 0.25) is 0 Å². The smallest absolute Gasteiger partial charge is 0.387 e. The van der Waals surface area contributed by atoms with Crippen molar-refractivity contribution >= 4 is 11.7 Å². The molecule has 1 aromatic carbocycles. The quantitative estimate of drug-likeness (QED) is 0.815. The van der Waals surface area contributed by atoms with E-state index in [1.165, 1.54) is 25.1 Å². The van der Waals surface area contributed by atoms with E-state index in [2.05, 4.69) is 10.1 Å². The molecule has 0 aliphatic rings. The lowest BCUT2D eigenvalue weighted by Gasteiger charge is -2.14. The molecular formula is C10H11F2NO3. The van der Waals surface area contributed by atoms with Crippen molar-refractivity contribution in [1.29, 1.82) is 0 Å². The average Bonchev–Trinajstić information content (AvgIpc) is 2.20. The van der Waals surface area contributed by atoms with Gasteiger partial charge in [0.15, 0.2) is 0 Å². The molecule has 0 saturated carbocycles. The molecule has 4 nitrogen and oxygen atoms in total. The Hall–Kier alpha value is -1.85. The summed E-state index contributed by atoms with van der Waals surface area (Å²) in [5.74, 6) is -1.16. The SMILES string of the molecule is CC(Nc1ccccc1OC(F)F)C(=O)O. The molecular weight excluding hydrogens is 220 g/mol. The number of carbonyl (C=O) groups is 1. The summed E-state index contributed by atoms with van der Waals surface area (Å²) in [7, 11) is 0. The van der Waals surface area contributed by atoms with E-state index >= 15 is 0 Å². The van der Waals surface area contributed by atoms with Crippen molar-refractivity contribution in [2.45, 2.75) is 19.6 Å². The molecule has 88 valence electrons. The van der Waals surface area contributed by atoms with E-state index in [1.807, 2.05) is 0 Å². The van der Waals surface area contributed by atoms with Gasteiger partial charge in [-0.3, -0.25) is 4.79 Å². The molecule has 0 amide bonds. The van der Waals surface area contributed by atoms with Gasteiger partial charge in [-0.05, 0) is 19.1 Å². The van der Waals surface area contributed by atoms with Gasteiger partial charge in [-0.15, -0.1) is 0 Å². The molecule has 1 rings (SSSR count). The Morgan fingerprint density at radius 1 is 1.44 bits per heavy atom. The summed E-state index contributed by atoms with van der Waals surface area (Å²) in [5, 5.41) is 11.2. The van der Waals surface area contributed by atoms with Crippen LogP contribution in [0.1, 0.15) is 6.92 Å². The molecule has 0 heterocycles. The molecule has 0 fully saturated rings. The normalized spacial score (nSPS) is 12.2. The fraction of sp³-hybridized carbons (Fsp3) is 0.300. The maximum absolute atomic E-state index is 12.0. The van der Waals surface area contributed by atoms with Crippen LogP contribution in [0.3, 0.4) is 0 Å². The Morgan fingerprint density at radius 2 is 2.06 bits per heavy atom. The van der Waals surface area contributed by atoms with Crippen molar-refractivity contribution in [3.05, 3.63) is 24.3 Å². The molecule has 0 bridgehead atoms. The van der Waals surface area contributed by atoms with E-state index in [0.29, 0.717) is 0 Å². The third-order valence-corrected chi connectivity index (χ3v) is 1.85. The summed E-state index contributed by atoms with van der Waals surface area (Å²) >= 11 is 0. The highest BCUT2D eigenvalue weighted by atomic mass is 19.3. The number of nitrogens with one attached hydrogen (secondary N) is 1. The predicted molar refractivity (Wildman–Crippen MR) is 53.8 cm³/mol. The number of benzene rings is 1. The Bertz CT molecular complexity index is 371. The molecule has 0 aromatic heterocycles. The minimum atomic E-state index is -2.94. The maximum atomic E-state index is 12.0. The number of anilines is 1. The molecule has 6 heteroatoms. The first-order chi connectivity index (χ1) is 7.50. The highest BCUT2D eigenvalue weighted by molar-refractivity contribution is 5.77. The highest BCUT2D eigenvalue weighted by Crippen LogP contribution is 2.25. The number of carboxylic acids is 1. The number of alkyl halides is 2. The van der Waals surface area contributed by atoms with Crippen LogP contribution in [-0.4, -0.2) is 23.7 Å². The third kappa shape index (κ3) is 3.38. The summed E-state index contributed by atoms with van der Waals surface area (Å²) in [6, 6.07) is 5.03. The second kappa shape index (κ2) is 5.29. The van der Waals surface area contributed by atoms with E-state index in [1.54, 1.807) is 6.07 Å². The Kier molecular flexibility index (Phi) is 4.04. The van der Waals surface area contributed by atoms with Crippen LogP contribution in [0, 0.1) is 0 Å². The lowest BCUT2D eigenvalue weighted by atomic mass is 10.2. The van der Waals surface area contributed by atoms with Crippen LogP contribution < -0.4 is 10.1 Å². The van der Waals surface area contributed by atoms with Gasteiger partial charge in [-0.2, -0.15) is 8.78 Å². The van der Waals surface area contributed by atoms with Gasteiger partial charge in [0.25, 0.3) is 0 Å². The first kappa shape index (κ1) is 12.2. The molecule has 16 heavy (non-hydrogen) atoms. The fourth-order valence-corrected chi connectivity index (χ4v) is 1.08. The number of ether oxygens (including phenoxy) is 1. The highest BCUT2D eigenvalue weighted by Gasteiger charge is 2.14. The Balaban J connectivity index is 2.82. The second-order valence-corrected chi connectivity index (χ2v) is 3.08. The molecule has 0 saturated heterocycles. The van der Waals surface area contributed by atoms with E-state index < -0.39 is 18.6 Å². The predicted octanol–water partition coefficient (Wildman–Crippen LogP) is 2.17. The Morgan fingerprint density at radius 3 is 2.62 bits per heavy atom. The number of carboxylic acid groups (broad SMARTS) is 1. The van der Waals surface area contributed by atoms with Gasteiger partial charge < -0.3 is 15.2 Å². The third-order valence-electron chi connectivity index (χ3n) is 1.85. The molecule has 0 spiro atoms. The van der Waals surface area contributed by atoms with Crippen molar-refractivity contribution in [3.8, 4) is 5.75 Å². The number of hydrogen-bond donors (Lipinski definition) is 2. The van der Waals surface area contributed by atoms with Crippen molar-refractivity contribution < 1.29 is 23.4 Å². The maximum Gasteiger partial charge on any atom is 0.387 e. The lowest BCUT2D eigenvalue weighted by Crippen LogP contribution is -2.25. The van der Waals surface area contributed by atoms with Crippen LogP contribution in [-0.2, 0) is 4.79 Å². The van der Waals surface area contributed by atoms with Crippen molar-refractivity contribution in [2.75, 3.05) is 5.32 Å². The molecule has 0 aliphatic carbocycles. The van der Waals surface area contributed by atoms with Crippen molar-refractivity contribution in [2.24, 2.45) is 0 Å². The topological polar surface area (TPSA) is 58.6 Å². The first-order valence-corrected chi connectivity index (χ1v) is 4.54. The van der Waals surface area contributed by atoms with Gasteiger partial charge in [0.05, 0.1) is 5.69 Å². The summed E-state index contributed by atoms with van der Waals surface area (Å²) in [6.07, 6.45) is 0.